The predicted octanol–water partition coefficient (Wildman–Crippen LogP) is 1.43. The first kappa shape index (κ1) is 8.66. The lowest BCUT2D eigenvalue weighted by Crippen LogP contribution is -2.51. The number of phenols is 1. The Morgan fingerprint density at radius 1 is 1.46 bits per heavy atom. The minimum atomic E-state index is 0.208. The van der Waals surface area contributed by atoms with E-state index in [1.165, 1.54) is 6.07 Å². The zero-order valence-electron chi connectivity index (χ0n) is 7.05. The Morgan fingerprint density at radius 3 is 2.77 bits per heavy atom. The molecule has 1 aliphatic rings. The Kier molecular flexibility index (Phi) is 2.29. The van der Waals surface area contributed by atoms with Gasteiger partial charge in [0.25, 0.3) is 0 Å². The minimum Gasteiger partial charge on any atom is -0.506 e. The van der Waals surface area contributed by atoms with Crippen molar-refractivity contribution in [3.63, 3.8) is 0 Å². The number of phenolic OH excluding ortho intramolecular Hbond substituents is 1. The molecule has 0 spiro atoms. The molecule has 3 N–H and O–H groups in total. The highest BCUT2D eigenvalue weighted by molar-refractivity contribution is 6.30. The van der Waals surface area contributed by atoms with Gasteiger partial charge in [-0.1, -0.05) is 11.6 Å². The smallest absolute Gasteiger partial charge is 0.140 e. The Morgan fingerprint density at radius 2 is 2.23 bits per heavy atom. The fourth-order valence-corrected chi connectivity index (χ4v) is 1.40. The maximum atomic E-state index is 9.49. The van der Waals surface area contributed by atoms with Crippen molar-refractivity contribution in [2.45, 2.75) is 6.04 Å². The summed E-state index contributed by atoms with van der Waals surface area (Å²) in [7, 11) is 0. The third-order valence-electron chi connectivity index (χ3n) is 2.10. The summed E-state index contributed by atoms with van der Waals surface area (Å²) >= 11 is 5.70. The highest BCUT2D eigenvalue weighted by Crippen LogP contribution is 2.27. The molecule has 0 aromatic heterocycles. The molecular formula is C9H11ClN2O. The molecule has 0 bridgehead atoms. The standard InChI is InChI=1S/C9H11ClN2O/c10-6-1-2-8(9(13)3-6)12-7-4-11-5-7/h1-3,7,11-13H,4-5H2. The number of halogens is 1. The van der Waals surface area contributed by atoms with Crippen molar-refractivity contribution in [2.75, 3.05) is 18.4 Å². The van der Waals surface area contributed by atoms with E-state index in [4.69, 9.17) is 11.6 Å². The third-order valence-corrected chi connectivity index (χ3v) is 2.34. The maximum Gasteiger partial charge on any atom is 0.140 e. The number of aromatic hydroxyl groups is 1. The molecule has 70 valence electrons. The van der Waals surface area contributed by atoms with Gasteiger partial charge >= 0.3 is 0 Å². The summed E-state index contributed by atoms with van der Waals surface area (Å²) in [6.07, 6.45) is 0. The van der Waals surface area contributed by atoms with Gasteiger partial charge in [-0.15, -0.1) is 0 Å². The Labute approximate surface area is 81.7 Å². The molecule has 0 amide bonds. The number of rotatable bonds is 2. The molecule has 1 saturated heterocycles. The summed E-state index contributed by atoms with van der Waals surface area (Å²) in [5.41, 5.74) is 0.746. The first-order chi connectivity index (χ1) is 6.25. The fraction of sp³-hybridized carbons (Fsp3) is 0.333. The quantitative estimate of drug-likeness (QED) is 0.630. The van der Waals surface area contributed by atoms with Gasteiger partial charge in [0.15, 0.2) is 0 Å². The molecule has 13 heavy (non-hydrogen) atoms. The molecule has 0 radical (unpaired) electrons. The van der Waals surface area contributed by atoms with Gasteiger partial charge in [0.2, 0.25) is 0 Å². The molecule has 0 saturated carbocycles. The Hall–Kier alpha value is -0.930. The normalized spacial score (nSPS) is 16.7. The van der Waals surface area contributed by atoms with Crippen LogP contribution < -0.4 is 10.6 Å². The van der Waals surface area contributed by atoms with Crippen molar-refractivity contribution in [3.8, 4) is 5.75 Å². The van der Waals surface area contributed by atoms with E-state index in [0.29, 0.717) is 11.1 Å². The molecule has 1 aliphatic heterocycles. The van der Waals surface area contributed by atoms with E-state index in [1.54, 1.807) is 12.1 Å². The van der Waals surface area contributed by atoms with E-state index in [2.05, 4.69) is 10.6 Å². The number of hydrogen-bond acceptors (Lipinski definition) is 3. The second-order valence-corrected chi connectivity index (χ2v) is 3.60. The zero-order chi connectivity index (χ0) is 9.26. The average Bonchev–Trinajstić information content (AvgIpc) is 1.99. The van der Waals surface area contributed by atoms with Gasteiger partial charge in [-0.2, -0.15) is 0 Å². The van der Waals surface area contributed by atoms with Crippen LogP contribution in [-0.2, 0) is 0 Å². The highest BCUT2D eigenvalue weighted by Gasteiger charge is 2.17. The predicted molar refractivity (Wildman–Crippen MR) is 53.4 cm³/mol. The van der Waals surface area contributed by atoms with Gasteiger partial charge in [0.05, 0.1) is 11.7 Å². The summed E-state index contributed by atoms with van der Waals surface area (Å²) < 4.78 is 0. The molecule has 1 aromatic rings. The zero-order valence-corrected chi connectivity index (χ0v) is 7.80. The van der Waals surface area contributed by atoms with Gasteiger partial charge in [-0.3, -0.25) is 0 Å². The summed E-state index contributed by atoms with van der Waals surface area (Å²) in [6.45, 7) is 1.89. The highest BCUT2D eigenvalue weighted by atomic mass is 35.5. The van der Waals surface area contributed by atoms with Crippen molar-refractivity contribution in [3.05, 3.63) is 23.2 Å². The fourth-order valence-electron chi connectivity index (χ4n) is 1.24. The van der Waals surface area contributed by atoms with Crippen LogP contribution in [0.5, 0.6) is 5.75 Å². The lowest BCUT2D eigenvalue weighted by molar-refractivity contribution is 0.457. The van der Waals surface area contributed by atoms with E-state index >= 15 is 0 Å². The lowest BCUT2D eigenvalue weighted by atomic mass is 10.1. The van der Waals surface area contributed by atoms with E-state index in [-0.39, 0.29) is 5.75 Å². The van der Waals surface area contributed by atoms with Crippen LogP contribution in [0.4, 0.5) is 5.69 Å². The number of nitrogens with one attached hydrogen (secondary N) is 2. The van der Waals surface area contributed by atoms with E-state index in [1.807, 2.05) is 0 Å². The van der Waals surface area contributed by atoms with Crippen molar-refractivity contribution in [1.82, 2.24) is 5.32 Å². The van der Waals surface area contributed by atoms with Gasteiger partial charge in [0, 0.05) is 24.2 Å². The Bertz CT molecular complexity index is 312. The summed E-state index contributed by atoms with van der Waals surface area (Å²) in [5.74, 6) is 0.208. The van der Waals surface area contributed by atoms with Crippen LogP contribution in [0.25, 0.3) is 0 Å². The molecule has 0 unspecified atom stereocenters. The molecule has 4 heteroatoms. The largest absolute Gasteiger partial charge is 0.506 e. The topological polar surface area (TPSA) is 44.3 Å². The molecule has 1 fully saturated rings. The minimum absolute atomic E-state index is 0.208. The van der Waals surface area contributed by atoms with Gasteiger partial charge in [0.1, 0.15) is 5.75 Å². The molecule has 1 aromatic carbocycles. The summed E-state index contributed by atoms with van der Waals surface area (Å²) in [6, 6.07) is 5.51. The second-order valence-electron chi connectivity index (χ2n) is 3.16. The first-order valence-electron chi connectivity index (χ1n) is 4.21. The van der Waals surface area contributed by atoms with Crippen molar-refractivity contribution < 1.29 is 5.11 Å². The molecule has 0 aliphatic carbocycles. The molecule has 1 heterocycles. The van der Waals surface area contributed by atoms with Gasteiger partial charge in [-0.05, 0) is 12.1 Å². The van der Waals surface area contributed by atoms with Crippen LogP contribution in [0.3, 0.4) is 0 Å². The third kappa shape index (κ3) is 1.87. The lowest BCUT2D eigenvalue weighted by Gasteiger charge is -2.29. The second kappa shape index (κ2) is 3.44. The van der Waals surface area contributed by atoms with Crippen LogP contribution in [0.1, 0.15) is 0 Å². The number of benzene rings is 1. The molecule has 2 rings (SSSR count). The molecule has 3 nitrogen and oxygen atoms in total. The van der Waals surface area contributed by atoms with Crippen molar-refractivity contribution in [1.29, 1.82) is 0 Å². The maximum absolute atomic E-state index is 9.49. The van der Waals surface area contributed by atoms with Crippen LogP contribution in [0.2, 0.25) is 5.02 Å². The number of anilines is 1. The number of hydrogen-bond donors (Lipinski definition) is 3. The summed E-state index contributed by atoms with van der Waals surface area (Å²) in [4.78, 5) is 0. The van der Waals surface area contributed by atoms with Crippen molar-refractivity contribution in [2.24, 2.45) is 0 Å². The Balaban J connectivity index is 2.10. The van der Waals surface area contributed by atoms with E-state index in [9.17, 15) is 5.11 Å². The summed E-state index contributed by atoms with van der Waals surface area (Å²) in [5, 5.41) is 16.4. The van der Waals surface area contributed by atoms with Gasteiger partial charge < -0.3 is 15.7 Å². The SMILES string of the molecule is Oc1cc(Cl)ccc1NC1CNC1. The first-order valence-corrected chi connectivity index (χ1v) is 4.59. The van der Waals surface area contributed by atoms with Crippen molar-refractivity contribution >= 4 is 17.3 Å². The van der Waals surface area contributed by atoms with Crippen LogP contribution in [0.15, 0.2) is 18.2 Å². The van der Waals surface area contributed by atoms with Crippen LogP contribution in [0, 0.1) is 0 Å². The molecule has 0 atom stereocenters. The van der Waals surface area contributed by atoms with Crippen LogP contribution >= 0.6 is 11.6 Å². The monoisotopic (exact) mass is 198 g/mol. The van der Waals surface area contributed by atoms with Gasteiger partial charge in [-0.25, -0.2) is 0 Å². The molecular weight excluding hydrogens is 188 g/mol. The average molecular weight is 199 g/mol. The van der Waals surface area contributed by atoms with Crippen LogP contribution in [-0.4, -0.2) is 24.2 Å². The van der Waals surface area contributed by atoms with E-state index in [0.717, 1.165) is 18.8 Å². The van der Waals surface area contributed by atoms with E-state index < -0.39 is 0 Å².